The fraction of sp³-hybridized carbons (Fsp3) is 0.800. The molecule has 0 aromatic rings. The van der Waals surface area contributed by atoms with Crippen molar-refractivity contribution in [1.29, 1.82) is 0 Å². The van der Waals surface area contributed by atoms with Gasteiger partial charge in [0.15, 0.2) is 6.29 Å². The third-order valence-corrected chi connectivity index (χ3v) is 3.24. The van der Waals surface area contributed by atoms with Crippen LogP contribution >= 0.6 is 0 Å². The summed E-state index contributed by atoms with van der Waals surface area (Å²) >= 11 is 0. The van der Waals surface area contributed by atoms with E-state index in [-0.39, 0.29) is 0 Å². The lowest BCUT2D eigenvalue weighted by Crippen LogP contribution is -2.02. The molecule has 0 rings (SSSR count). The monoisotopic (exact) mass is 272 g/mol. The molecule has 3 N–H and O–H groups in total. The van der Waals surface area contributed by atoms with Crippen LogP contribution in [0, 0.1) is 0 Å². The van der Waals surface area contributed by atoms with Crippen LogP contribution in [-0.2, 0) is 4.79 Å². The maximum Gasteiger partial charge on any atom is 0.330 e. The third-order valence-electron chi connectivity index (χ3n) is 3.24. The van der Waals surface area contributed by atoms with E-state index in [1.165, 1.54) is 19.3 Å². The Morgan fingerprint density at radius 1 is 0.842 bits per heavy atom. The number of rotatable bonds is 13. The minimum atomic E-state index is -1.15. The van der Waals surface area contributed by atoms with E-state index in [4.69, 9.17) is 15.3 Å². The van der Waals surface area contributed by atoms with E-state index in [0.29, 0.717) is 18.4 Å². The van der Waals surface area contributed by atoms with Crippen LogP contribution in [0.1, 0.15) is 70.6 Å². The zero-order valence-electron chi connectivity index (χ0n) is 11.8. The van der Waals surface area contributed by atoms with Gasteiger partial charge in [-0.1, -0.05) is 51.5 Å². The molecule has 0 atom stereocenters. The van der Waals surface area contributed by atoms with Gasteiger partial charge in [-0.15, -0.1) is 0 Å². The van der Waals surface area contributed by atoms with Crippen LogP contribution in [0.15, 0.2) is 12.2 Å². The van der Waals surface area contributed by atoms with Gasteiger partial charge < -0.3 is 15.3 Å². The number of carboxylic acids is 1. The van der Waals surface area contributed by atoms with Gasteiger partial charge in [-0.2, -0.15) is 0 Å². The molecule has 0 fully saturated rings. The number of aliphatic hydroxyl groups excluding tert-OH is 1. The van der Waals surface area contributed by atoms with E-state index in [9.17, 15) is 4.79 Å². The molecule has 0 bridgehead atoms. The molecule has 0 amide bonds. The van der Waals surface area contributed by atoms with Crippen molar-refractivity contribution < 1.29 is 20.1 Å². The minimum absolute atomic E-state index is 0.311. The van der Waals surface area contributed by atoms with E-state index >= 15 is 0 Å². The van der Waals surface area contributed by atoms with Gasteiger partial charge in [-0.25, -0.2) is 4.79 Å². The number of aliphatic carboxylic acids is 1. The van der Waals surface area contributed by atoms with Crippen LogP contribution in [0.2, 0.25) is 0 Å². The topological polar surface area (TPSA) is 77.8 Å². The highest BCUT2D eigenvalue weighted by atomic mass is 16.5. The molecule has 0 aliphatic carbocycles. The molecule has 0 heterocycles. The van der Waals surface area contributed by atoms with Crippen LogP contribution in [0.25, 0.3) is 0 Å². The second-order valence-corrected chi connectivity index (χ2v) is 5.11. The summed E-state index contributed by atoms with van der Waals surface area (Å²) in [5.74, 6) is -0.881. The Morgan fingerprint density at radius 2 is 1.26 bits per heavy atom. The van der Waals surface area contributed by atoms with Gasteiger partial charge in [-0.05, 0) is 25.7 Å². The summed E-state index contributed by atoms with van der Waals surface area (Å²) in [6.45, 7) is 3.51. The van der Waals surface area contributed by atoms with Crippen molar-refractivity contribution in [1.82, 2.24) is 0 Å². The predicted octanol–water partition coefficient (Wildman–Crippen LogP) is 3.23. The summed E-state index contributed by atoms with van der Waals surface area (Å²) in [5.41, 5.74) is 0.311. The summed E-state index contributed by atoms with van der Waals surface area (Å²) in [6, 6.07) is 0. The zero-order valence-corrected chi connectivity index (χ0v) is 11.8. The summed E-state index contributed by atoms with van der Waals surface area (Å²) in [5, 5.41) is 26.0. The van der Waals surface area contributed by atoms with E-state index in [0.717, 1.165) is 38.5 Å². The number of unbranched alkanes of at least 4 members (excludes halogenated alkanes) is 8. The molecule has 0 aromatic carbocycles. The smallest absolute Gasteiger partial charge is 0.330 e. The van der Waals surface area contributed by atoms with Crippen molar-refractivity contribution in [3.05, 3.63) is 12.2 Å². The molecule has 0 aliphatic heterocycles. The molecule has 0 spiro atoms. The SMILES string of the molecule is C=C(CCCCCCCCCCCC(O)O)C(=O)O. The maximum atomic E-state index is 10.5. The quantitative estimate of drug-likeness (QED) is 0.273. The molecule has 4 heteroatoms. The molecule has 112 valence electrons. The summed E-state index contributed by atoms with van der Waals surface area (Å²) in [7, 11) is 0. The first-order valence-electron chi connectivity index (χ1n) is 7.31. The highest BCUT2D eigenvalue weighted by Crippen LogP contribution is 2.13. The Hall–Kier alpha value is -0.870. The van der Waals surface area contributed by atoms with Crippen LogP contribution in [0.3, 0.4) is 0 Å². The number of carbonyl (C=O) groups is 1. The molecular weight excluding hydrogens is 244 g/mol. The average Bonchev–Trinajstić information content (AvgIpc) is 2.35. The number of hydrogen-bond acceptors (Lipinski definition) is 3. The van der Waals surface area contributed by atoms with Crippen LogP contribution in [-0.4, -0.2) is 27.6 Å². The first kappa shape index (κ1) is 18.1. The van der Waals surface area contributed by atoms with Gasteiger partial charge in [0, 0.05) is 5.57 Å². The fourth-order valence-electron chi connectivity index (χ4n) is 2.01. The van der Waals surface area contributed by atoms with Gasteiger partial charge in [-0.3, -0.25) is 0 Å². The maximum absolute atomic E-state index is 10.5. The van der Waals surface area contributed by atoms with Crippen molar-refractivity contribution in [2.75, 3.05) is 0 Å². The standard InChI is InChI=1S/C15H28O4/c1-13(15(18)19)11-9-7-5-3-2-4-6-8-10-12-14(16)17/h14,16-17H,1-12H2,(H,18,19). The fourth-order valence-corrected chi connectivity index (χ4v) is 2.01. The normalized spacial score (nSPS) is 10.9. The minimum Gasteiger partial charge on any atom is -0.478 e. The van der Waals surface area contributed by atoms with Crippen molar-refractivity contribution in [2.45, 2.75) is 76.9 Å². The van der Waals surface area contributed by atoms with Crippen LogP contribution < -0.4 is 0 Å². The highest BCUT2D eigenvalue weighted by molar-refractivity contribution is 5.85. The molecule has 0 unspecified atom stereocenters. The predicted molar refractivity (Wildman–Crippen MR) is 75.8 cm³/mol. The first-order chi connectivity index (χ1) is 9.04. The van der Waals surface area contributed by atoms with Gasteiger partial charge in [0.2, 0.25) is 0 Å². The van der Waals surface area contributed by atoms with Crippen LogP contribution in [0.4, 0.5) is 0 Å². The summed E-state index contributed by atoms with van der Waals surface area (Å²) < 4.78 is 0. The average molecular weight is 272 g/mol. The largest absolute Gasteiger partial charge is 0.478 e. The van der Waals surface area contributed by atoms with Crippen molar-refractivity contribution in [3.63, 3.8) is 0 Å². The molecule has 0 radical (unpaired) electrons. The van der Waals surface area contributed by atoms with Crippen LogP contribution in [0.5, 0.6) is 0 Å². The molecule has 0 saturated carbocycles. The zero-order chi connectivity index (χ0) is 14.5. The molecule has 4 nitrogen and oxygen atoms in total. The summed E-state index contributed by atoms with van der Waals surface area (Å²) in [6.07, 6.45) is 9.78. The molecule has 0 aliphatic rings. The Morgan fingerprint density at radius 3 is 1.68 bits per heavy atom. The lowest BCUT2D eigenvalue weighted by Gasteiger charge is -2.04. The molecule has 0 saturated heterocycles. The van der Waals surface area contributed by atoms with E-state index < -0.39 is 12.3 Å². The van der Waals surface area contributed by atoms with E-state index in [1.807, 2.05) is 0 Å². The first-order valence-corrected chi connectivity index (χ1v) is 7.31. The summed E-state index contributed by atoms with van der Waals surface area (Å²) in [4.78, 5) is 10.5. The van der Waals surface area contributed by atoms with E-state index in [1.54, 1.807) is 0 Å². The second kappa shape index (κ2) is 12.2. The number of aliphatic hydroxyl groups is 2. The Bertz CT molecular complexity index is 249. The van der Waals surface area contributed by atoms with E-state index in [2.05, 4.69) is 6.58 Å². The number of hydrogen-bond donors (Lipinski definition) is 3. The molecular formula is C15H28O4. The van der Waals surface area contributed by atoms with Crippen molar-refractivity contribution >= 4 is 5.97 Å². The highest BCUT2D eigenvalue weighted by Gasteiger charge is 2.02. The lowest BCUT2D eigenvalue weighted by molar-refractivity contribution is -0.132. The third kappa shape index (κ3) is 13.4. The Balaban J connectivity index is 3.11. The van der Waals surface area contributed by atoms with Gasteiger partial charge in [0.1, 0.15) is 0 Å². The Labute approximate surface area is 116 Å². The lowest BCUT2D eigenvalue weighted by atomic mass is 10.0. The molecule has 0 aromatic heterocycles. The van der Waals surface area contributed by atoms with Gasteiger partial charge in [0.05, 0.1) is 0 Å². The molecule has 19 heavy (non-hydrogen) atoms. The second-order valence-electron chi connectivity index (χ2n) is 5.11. The number of carboxylic acid groups (broad SMARTS) is 1. The van der Waals surface area contributed by atoms with Crippen molar-refractivity contribution in [2.24, 2.45) is 0 Å². The van der Waals surface area contributed by atoms with Gasteiger partial charge >= 0.3 is 5.97 Å². The van der Waals surface area contributed by atoms with Crippen molar-refractivity contribution in [3.8, 4) is 0 Å². The Kier molecular flexibility index (Phi) is 11.6. The van der Waals surface area contributed by atoms with Gasteiger partial charge in [0.25, 0.3) is 0 Å².